The minimum absolute atomic E-state index is 0. The van der Waals surface area contributed by atoms with Crippen molar-refractivity contribution in [2.24, 2.45) is 0 Å². The first kappa shape index (κ1) is 11.0. The maximum atomic E-state index is 11.0. The highest BCUT2D eigenvalue weighted by Gasteiger charge is 2.61. The van der Waals surface area contributed by atoms with Gasteiger partial charge in [0.1, 0.15) is 6.10 Å². The maximum Gasteiger partial charge on any atom is 0.343 e. The van der Waals surface area contributed by atoms with E-state index < -0.39 is 11.6 Å². The number of carbonyl (C=O) groups is 1. The quantitative estimate of drug-likeness (QED) is 0.764. The van der Waals surface area contributed by atoms with Crippen LogP contribution in [0.15, 0.2) is 30.3 Å². The van der Waals surface area contributed by atoms with Gasteiger partial charge in [-0.15, -0.1) is 12.4 Å². The first-order chi connectivity index (χ1) is 6.18. The number of aliphatic carboxylic acids is 1. The van der Waals surface area contributed by atoms with E-state index in [1.165, 1.54) is 0 Å². The molecular formula is C10H11ClO3. The van der Waals surface area contributed by atoms with Crippen molar-refractivity contribution >= 4 is 18.4 Å². The van der Waals surface area contributed by atoms with Crippen LogP contribution in [0.2, 0.25) is 0 Å². The summed E-state index contributed by atoms with van der Waals surface area (Å²) >= 11 is 0. The van der Waals surface area contributed by atoms with Gasteiger partial charge in [0.15, 0.2) is 0 Å². The van der Waals surface area contributed by atoms with Gasteiger partial charge in [-0.05, 0) is 12.5 Å². The van der Waals surface area contributed by atoms with Crippen LogP contribution >= 0.6 is 12.4 Å². The second kappa shape index (κ2) is 3.59. The summed E-state index contributed by atoms with van der Waals surface area (Å²) in [7, 11) is 0. The Kier molecular flexibility index (Phi) is 2.83. The van der Waals surface area contributed by atoms with Gasteiger partial charge in [0.2, 0.25) is 5.60 Å². The zero-order valence-corrected chi connectivity index (χ0v) is 8.45. The Labute approximate surface area is 88.1 Å². The maximum absolute atomic E-state index is 11.0. The number of carboxylic acid groups (broad SMARTS) is 1. The third-order valence-electron chi connectivity index (χ3n) is 2.40. The summed E-state index contributed by atoms with van der Waals surface area (Å²) in [6.07, 6.45) is -0.229. The molecule has 0 saturated carbocycles. The Bertz CT molecular complexity index is 338. The third kappa shape index (κ3) is 1.38. The normalized spacial score (nSPS) is 29.1. The Balaban J connectivity index is 0.000000980. The molecule has 0 aromatic heterocycles. The summed E-state index contributed by atoms with van der Waals surface area (Å²) in [6.45, 7) is 1.76. The topological polar surface area (TPSA) is 49.8 Å². The molecule has 0 aliphatic carbocycles. The van der Waals surface area contributed by atoms with Crippen LogP contribution in [0.1, 0.15) is 12.5 Å². The van der Waals surface area contributed by atoms with Gasteiger partial charge in [0.25, 0.3) is 0 Å². The lowest BCUT2D eigenvalue weighted by molar-refractivity contribution is -0.143. The molecule has 1 heterocycles. The van der Waals surface area contributed by atoms with Crippen LogP contribution in [0.3, 0.4) is 0 Å². The zero-order chi connectivity index (χ0) is 9.47. The van der Waals surface area contributed by atoms with Gasteiger partial charge in [0, 0.05) is 0 Å². The van der Waals surface area contributed by atoms with Crippen LogP contribution in [0.25, 0.3) is 0 Å². The third-order valence-corrected chi connectivity index (χ3v) is 2.40. The fourth-order valence-electron chi connectivity index (χ4n) is 1.58. The number of carboxylic acids is 1. The minimum Gasteiger partial charge on any atom is -0.479 e. The molecule has 1 fully saturated rings. The molecular weight excluding hydrogens is 204 g/mol. The van der Waals surface area contributed by atoms with Crippen molar-refractivity contribution in [3.8, 4) is 0 Å². The average Bonchev–Trinajstić information content (AvgIpc) is 2.80. The number of hydrogen-bond acceptors (Lipinski definition) is 2. The molecule has 76 valence electrons. The molecule has 14 heavy (non-hydrogen) atoms. The molecule has 0 unspecified atom stereocenters. The van der Waals surface area contributed by atoms with Gasteiger partial charge < -0.3 is 9.84 Å². The van der Waals surface area contributed by atoms with Gasteiger partial charge in [-0.3, -0.25) is 0 Å². The first-order valence-corrected chi connectivity index (χ1v) is 4.14. The van der Waals surface area contributed by atoms with E-state index in [4.69, 9.17) is 9.84 Å². The van der Waals surface area contributed by atoms with E-state index in [0.29, 0.717) is 0 Å². The SMILES string of the molecule is C[C@@H]1O[C@]1(C(=O)O)c1ccccc1.Cl. The van der Waals surface area contributed by atoms with Crippen molar-refractivity contribution in [2.75, 3.05) is 0 Å². The van der Waals surface area contributed by atoms with E-state index >= 15 is 0 Å². The fourth-order valence-corrected chi connectivity index (χ4v) is 1.58. The molecule has 0 radical (unpaired) electrons. The second-order valence-electron chi connectivity index (χ2n) is 3.17. The summed E-state index contributed by atoms with van der Waals surface area (Å²) in [5.41, 5.74) is -0.364. The molecule has 1 aliphatic rings. The lowest BCUT2D eigenvalue weighted by atomic mass is 9.96. The van der Waals surface area contributed by atoms with Crippen molar-refractivity contribution < 1.29 is 14.6 Å². The van der Waals surface area contributed by atoms with Crippen molar-refractivity contribution in [3.63, 3.8) is 0 Å². The molecule has 2 atom stereocenters. The van der Waals surface area contributed by atoms with E-state index in [0.717, 1.165) is 5.56 Å². The van der Waals surface area contributed by atoms with Crippen LogP contribution in [0.4, 0.5) is 0 Å². The lowest BCUT2D eigenvalue weighted by Gasteiger charge is -2.06. The molecule has 1 aromatic carbocycles. The van der Waals surface area contributed by atoms with Gasteiger partial charge >= 0.3 is 5.97 Å². The summed E-state index contributed by atoms with van der Waals surface area (Å²) < 4.78 is 5.15. The average molecular weight is 215 g/mol. The van der Waals surface area contributed by atoms with E-state index in [1.54, 1.807) is 19.1 Å². The first-order valence-electron chi connectivity index (χ1n) is 4.14. The van der Waals surface area contributed by atoms with Crippen molar-refractivity contribution in [3.05, 3.63) is 35.9 Å². The zero-order valence-electron chi connectivity index (χ0n) is 7.64. The standard InChI is InChI=1S/C10H10O3.ClH/c1-7-10(13-7,9(11)12)8-5-3-2-4-6-8;/h2-7H,1H3,(H,11,12);1H/t7-,10-;/m0./s1. The Hall–Kier alpha value is -1.06. The number of halogens is 1. The number of ether oxygens (including phenoxy) is 1. The number of epoxide rings is 1. The molecule has 1 N–H and O–H groups in total. The van der Waals surface area contributed by atoms with E-state index in [2.05, 4.69) is 0 Å². The largest absolute Gasteiger partial charge is 0.479 e. The Morgan fingerprint density at radius 3 is 2.29 bits per heavy atom. The van der Waals surface area contributed by atoms with E-state index in [9.17, 15) is 4.79 Å². The molecule has 1 aliphatic heterocycles. The van der Waals surface area contributed by atoms with Crippen molar-refractivity contribution in [1.82, 2.24) is 0 Å². The van der Waals surface area contributed by atoms with Gasteiger partial charge in [0.05, 0.1) is 0 Å². The van der Waals surface area contributed by atoms with E-state index in [1.807, 2.05) is 18.2 Å². The molecule has 0 amide bonds. The minimum atomic E-state index is -1.08. The predicted molar refractivity (Wildman–Crippen MR) is 53.6 cm³/mol. The molecule has 0 spiro atoms. The molecule has 1 saturated heterocycles. The molecule has 1 aromatic rings. The van der Waals surface area contributed by atoms with Gasteiger partial charge in [-0.25, -0.2) is 4.79 Å². The highest BCUT2D eigenvalue weighted by atomic mass is 35.5. The summed E-state index contributed by atoms with van der Waals surface area (Å²) in [6, 6.07) is 9.03. The van der Waals surface area contributed by atoms with Crippen LogP contribution in [-0.4, -0.2) is 17.2 Å². The highest BCUT2D eigenvalue weighted by Crippen LogP contribution is 2.46. The van der Waals surface area contributed by atoms with Gasteiger partial charge in [-0.2, -0.15) is 0 Å². The second-order valence-corrected chi connectivity index (χ2v) is 3.17. The fraction of sp³-hybridized carbons (Fsp3) is 0.300. The van der Waals surface area contributed by atoms with Crippen LogP contribution in [-0.2, 0) is 15.1 Å². The monoisotopic (exact) mass is 214 g/mol. The summed E-state index contributed by atoms with van der Waals surface area (Å²) in [5.74, 6) is -0.911. The van der Waals surface area contributed by atoms with Crippen LogP contribution in [0.5, 0.6) is 0 Å². The van der Waals surface area contributed by atoms with Crippen LogP contribution < -0.4 is 0 Å². The van der Waals surface area contributed by atoms with Crippen molar-refractivity contribution in [1.29, 1.82) is 0 Å². The van der Waals surface area contributed by atoms with Gasteiger partial charge in [-0.1, -0.05) is 30.3 Å². The van der Waals surface area contributed by atoms with Crippen molar-refractivity contribution in [2.45, 2.75) is 18.6 Å². The number of benzene rings is 1. The molecule has 4 heteroatoms. The summed E-state index contributed by atoms with van der Waals surface area (Å²) in [4.78, 5) is 11.0. The Morgan fingerprint density at radius 1 is 1.43 bits per heavy atom. The molecule has 0 bridgehead atoms. The highest BCUT2D eigenvalue weighted by molar-refractivity contribution is 5.85. The smallest absolute Gasteiger partial charge is 0.343 e. The lowest BCUT2D eigenvalue weighted by Crippen LogP contribution is -2.23. The van der Waals surface area contributed by atoms with Crippen LogP contribution in [0, 0.1) is 0 Å². The molecule has 3 nitrogen and oxygen atoms in total. The number of rotatable bonds is 2. The van der Waals surface area contributed by atoms with E-state index in [-0.39, 0.29) is 18.5 Å². The number of hydrogen-bond donors (Lipinski definition) is 1. The molecule has 2 rings (SSSR count). The summed E-state index contributed by atoms with van der Waals surface area (Å²) in [5, 5.41) is 9.00. The Morgan fingerprint density at radius 2 is 1.93 bits per heavy atom. The predicted octanol–water partition coefficient (Wildman–Crippen LogP) is 1.81.